The third-order valence-corrected chi connectivity index (χ3v) is 11.0. The average Bonchev–Trinajstić information content (AvgIpc) is 3.39. The topological polar surface area (TPSA) is 41.8 Å². The van der Waals surface area contributed by atoms with E-state index in [1.165, 1.54) is 56.1 Å². The summed E-state index contributed by atoms with van der Waals surface area (Å²) in [5, 5.41) is 10.2. The van der Waals surface area contributed by atoms with Crippen molar-refractivity contribution in [3.05, 3.63) is 83.5 Å². The van der Waals surface area contributed by atoms with Crippen LogP contribution in [0.4, 0.5) is 0 Å². The van der Waals surface area contributed by atoms with Gasteiger partial charge in [-0.3, -0.25) is 0 Å². The summed E-state index contributed by atoms with van der Waals surface area (Å²) in [4.78, 5) is 5.03. The molecule has 3 nitrogen and oxygen atoms in total. The second kappa shape index (κ2) is 10.9. The summed E-state index contributed by atoms with van der Waals surface area (Å²) in [6.45, 7) is 9.90. The van der Waals surface area contributed by atoms with E-state index < -0.39 is 0 Å². The number of ether oxygens (including phenoxy) is 1. The summed E-state index contributed by atoms with van der Waals surface area (Å²) in [5.41, 5.74) is 5.64. The van der Waals surface area contributed by atoms with Crippen LogP contribution >= 0.6 is 0 Å². The molecule has 1 aromatic rings. The van der Waals surface area contributed by atoms with Crippen molar-refractivity contribution >= 4 is 5.90 Å². The van der Waals surface area contributed by atoms with Crippen molar-refractivity contribution < 1.29 is 9.84 Å². The number of fused-ring (bicyclic) bond motifs is 1. The lowest BCUT2D eigenvalue weighted by atomic mass is 9.61. The number of nitrogens with zero attached hydrogens (tertiary/aromatic N) is 1. The maximum absolute atomic E-state index is 10.2. The fourth-order valence-corrected chi connectivity index (χ4v) is 8.38. The Bertz CT molecular complexity index is 1190. The minimum Gasteiger partial charge on any atom is -0.478 e. The Morgan fingerprint density at radius 1 is 1.08 bits per heavy atom. The zero-order valence-corrected chi connectivity index (χ0v) is 24.1. The predicted molar refractivity (Wildman–Crippen MR) is 160 cm³/mol. The molecule has 0 amide bonds. The molecule has 4 saturated carbocycles. The van der Waals surface area contributed by atoms with Crippen molar-refractivity contribution in [2.75, 3.05) is 6.61 Å². The predicted octanol–water partition coefficient (Wildman–Crippen LogP) is 8.69. The van der Waals surface area contributed by atoms with E-state index in [-0.39, 0.29) is 17.6 Å². The molecule has 5 aliphatic rings. The summed E-state index contributed by atoms with van der Waals surface area (Å²) in [6, 6.07) is 10.7. The van der Waals surface area contributed by atoms with Gasteiger partial charge in [0.1, 0.15) is 12.6 Å². The van der Waals surface area contributed by atoms with E-state index >= 15 is 0 Å². The first-order valence-electron chi connectivity index (χ1n) is 15.6. The molecule has 3 heteroatoms. The van der Waals surface area contributed by atoms with Gasteiger partial charge in [0.2, 0.25) is 0 Å². The normalized spacial score (nSPS) is 36.7. The average molecular weight is 526 g/mol. The van der Waals surface area contributed by atoms with Crippen molar-refractivity contribution in [2.24, 2.45) is 33.6 Å². The van der Waals surface area contributed by atoms with E-state index in [9.17, 15) is 5.11 Å². The number of benzene rings is 1. The Labute approximate surface area is 235 Å². The smallest absolute Gasteiger partial charge is 0.190 e. The molecular weight excluding hydrogens is 478 g/mol. The van der Waals surface area contributed by atoms with Crippen molar-refractivity contribution in [1.29, 1.82) is 0 Å². The molecule has 0 bridgehead atoms. The maximum atomic E-state index is 10.2. The number of hydrogen-bond donors (Lipinski definition) is 1. The molecule has 0 saturated heterocycles. The van der Waals surface area contributed by atoms with Crippen LogP contribution in [0.3, 0.4) is 0 Å². The van der Waals surface area contributed by atoms with Gasteiger partial charge in [0.15, 0.2) is 5.90 Å². The number of aliphatic hydroxyl groups is 1. The van der Waals surface area contributed by atoms with E-state index in [0.717, 1.165) is 43.1 Å². The van der Waals surface area contributed by atoms with Gasteiger partial charge in [-0.15, -0.1) is 0 Å². The van der Waals surface area contributed by atoms with Gasteiger partial charge in [-0.1, -0.05) is 80.6 Å². The molecule has 0 spiro atoms. The van der Waals surface area contributed by atoms with Crippen LogP contribution in [0, 0.1) is 28.6 Å². The first kappa shape index (κ1) is 26.8. The molecule has 6 atom stereocenters. The fourth-order valence-electron chi connectivity index (χ4n) is 8.38. The van der Waals surface area contributed by atoms with E-state index in [1.807, 2.05) is 0 Å². The highest BCUT2D eigenvalue weighted by molar-refractivity contribution is 5.87. The van der Waals surface area contributed by atoms with Crippen LogP contribution < -0.4 is 0 Å². The molecular formula is C36H47NO2. The van der Waals surface area contributed by atoms with Crippen molar-refractivity contribution in [1.82, 2.24) is 0 Å². The molecule has 4 unspecified atom stereocenters. The summed E-state index contributed by atoms with van der Waals surface area (Å²) >= 11 is 0. The maximum Gasteiger partial charge on any atom is 0.190 e. The number of aliphatic hydroxyl groups excluding tert-OH is 1. The molecule has 4 aliphatic carbocycles. The summed E-state index contributed by atoms with van der Waals surface area (Å²) in [7, 11) is 0. The minimum absolute atomic E-state index is 0.146. The van der Waals surface area contributed by atoms with Crippen LogP contribution in [0.1, 0.15) is 96.1 Å². The Morgan fingerprint density at radius 3 is 2.69 bits per heavy atom. The number of allylic oxidation sites excluding steroid dienone is 5. The van der Waals surface area contributed by atoms with Gasteiger partial charge in [0, 0.05) is 5.41 Å². The van der Waals surface area contributed by atoms with Crippen LogP contribution in [-0.2, 0) is 4.74 Å². The fraction of sp³-hybridized carbons (Fsp3) is 0.583. The second-order valence-electron chi connectivity index (χ2n) is 13.4. The molecule has 4 fully saturated rings. The molecule has 1 heterocycles. The van der Waals surface area contributed by atoms with Crippen LogP contribution in [-0.4, -0.2) is 23.7 Å². The number of aliphatic imine (C=N–C) groups is 1. The van der Waals surface area contributed by atoms with Gasteiger partial charge in [0.25, 0.3) is 0 Å². The van der Waals surface area contributed by atoms with E-state index in [1.54, 1.807) is 5.57 Å². The molecule has 0 aromatic heterocycles. The highest BCUT2D eigenvalue weighted by Crippen LogP contribution is 2.60. The number of rotatable bonds is 7. The Morgan fingerprint density at radius 2 is 1.90 bits per heavy atom. The standard InChI is InChI=1S/C36H47NO2/c1-25(10-8-21-36(22-23-36)34-37-32(24-39-34)29-11-5-4-6-12-29)30-18-19-31-28(14-9-20-35(30,31)3)17-16-27-13-7-15-33(38)26(27)2/h4-6,8,10-12,16-17,25,30-33,38H,2,7,9,13-15,18-24H2,1,3H3/b10-8+,27-16-,28-17+/t25-,30-,31?,32?,33?,35?/m1/s1. The molecule has 1 N–H and O–H groups in total. The lowest BCUT2D eigenvalue weighted by molar-refractivity contribution is 0.112. The molecule has 39 heavy (non-hydrogen) atoms. The SMILES string of the molecule is C=C1/C(=C\C=C2/CCCC3(C)C2CC[C@@H]3[C@H](C)/C=C/CC2(C3=NC(c4ccccc4)CO3)CC2)CCCC1O. The zero-order chi connectivity index (χ0) is 27.0. The van der Waals surface area contributed by atoms with Crippen LogP contribution in [0.2, 0.25) is 0 Å². The number of hydrogen-bond acceptors (Lipinski definition) is 3. The molecule has 1 aliphatic heterocycles. The van der Waals surface area contributed by atoms with Gasteiger partial charge >= 0.3 is 0 Å². The molecule has 1 aromatic carbocycles. The van der Waals surface area contributed by atoms with Crippen molar-refractivity contribution in [3.63, 3.8) is 0 Å². The van der Waals surface area contributed by atoms with Gasteiger partial charge in [-0.25, -0.2) is 4.99 Å². The van der Waals surface area contributed by atoms with Gasteiger partial charge < -0.3 is 9.84 Å². The highest BCUT2D eigenvalue weighted by Gasteiger charge is 2.51. The van der Waals surface area contributed by atoms with Crippen molar-refractivity contribution in [2.45, 2.75) is 96.6 Å². The van der Waals surface area contributed by atoms with Crippen molar-refractivity contribution in [3.8, 4) is 0 Å². The van der Waals surface area contributed by atoms with Gasteiger partial charge in [-0.2, -0.15) is 0 Å². The summed E-state index contributed by atoms with van der Waals surface area (Å²) in [6.07, 6.45) is 22.3. The largest absolute Gasteiger partial charge is 0.478 e. The monoisotopic (exact) mass is 525 g/mol. The van der Waals surface area contributed by atoms with Crippen LogP contribution in [0.15, 0.2) is 82.9 Å². The Hall–Kier alpha value is -2.39. The van der Waals surface area contributed by atoms with Gasteiger partial charge in [0.05, 0.1) is 6.10 Å². The highest BCUT2D eigenvalue weighted by atomic mass is 16.5. The zero-order valence-electron chi connectivity index (χ0n) is 24.1. The molecule has 208 valence electrons. The third kappa shape index (κ3) is 5.24. The van der Waals surface area contributed by atoms with E-state index in [0.29, 0.717) is 23.9 Å². The Kier molecular flexibility index (Phi) is 7.48. The third-order valence-electron chi connectivity index (χ3n) is 11.0. The van der Waals surface area contributed by atoms with Crippen LogP contribution in [0.5, 0.6) is 0 Å². The first-order valence-corrected chi connectivity index (χ1v) is 15.6. The second-order valence-corrected chi connectivity index (χ2v) is 13.4. The Balaban J connectivity index is 1.10. The quantitative estimate of drug-likeness (QED) is 0.362. The molecule has 6 rings (SSSR count). The lowest BCUT2D eigenvalue weighted by Gasteiger charge is -2.44. The summed E-state index contributed by atoms with van der Waals surface area (Å²) in [5.74, 6) is 3.02. The lowest BCUT2D eigenvalue weighted by Crippen LogP contribution is -2.35. The first-order chi connectivity index (χ1) is 18.9. The van der Waals surface area contributed by atoms with Gasteiger partial charge in [-0.05, 0) is 111 Å². The van der Waals surface area contributed by atoms with E-state index in [4.69, 9.17) is 9.73 Å². The summed E-state index contributed by atoms with van der Waals surface area (Å²) < 4.78 is 6.17. The molecule has 0 radical (unpaired) electrons. The minimum atomic E-state index is -0.351. The van der Waals surface area contributed by atoms with Crippen LogP contribution in [0.25, 0.3) is 0 Å². The van der Waals surface area contributed by atoms with E-state index in [2.05, 4.69) is 75.1 Å².